The molecule has 1 aromatic carbocycles. The largest absolute Gasteiger partial charge is 0.444 e. The van der Waals surface area contributed by atoms with Gasteiger partial charge in [-0.15, -0.1) is 0 Å². The second kappa shape index (κ2) is 6.70. The highest BCUT2D eigenvalue weighted by Gasteiger charge is 2.33. The Balaban J connectivity index is 1.66. The zero-order valence-corrected chi connectivity index (χ0v) is 16.1. The van der Waals surface area contributed by atoms with Gasteiger partial charge in [-0.25, -0.2) is 4.79 Å². The lowest BCUT2D eigenvalue weighted by molar-refractivity contribution is 0.0291. The van der Waals surface area contributed by atoms with Gasteiger partial charge in [0.25, 0.3) is 0 Å². The van der Waals surface area contributed by atoms with Crippen molar-refractivity contribution in [1.29, 1.82) is 0 Å². The van der Waals surface area contributed by atoms with Gasteiger partial charge in [-0.3, -0.25) is 0 Å². The smallest absolute Gasteiger partial charge is 0.410 e. The van der Waals surface area contributed by atoms with E-state index in [1.165, 1.54) is 0 Å². The number of aromatic nitrogens is 2. The lowest BCUT2D eigenvalue weighted by Gasteiger charge is -2.24. The molecule has 6 nitrogen and oxygen atoms in total. The van der Waals surface area contributed by atoms with Crippen molar-refractivity contribution in [3.05, 3.63) is 33.7 Å². The Labute approximate surface area is 154 Å². The summed E-state index contributed by atoms with van der Waals surface area (Å²) in [5, 5.41) is 4.07. The van der Waals surface area contributed by atoms with Crippen LogP contribution in [0.2, 0.25) is 0 Å². The first-order valence-corrected chi connectivity index (χ1v) is 8.97. The SMILES string of the molecule is CC(C)(C)OC(=O)N1CC[C@H](c2nc(-c3ccc(I)cc3)no2)C1. The summed E-state index contributed by atoms with van der Waals surface area (Å²) in [6.07, 6.45) is 0.510. The van der Waals surface area contributed by atoms with Gasteiger partial charge < -0.3 is 14.2 Å². The molecule has 2 heterocycles. The van der Waals surface area contributed by atoms with Gasteiger partial charge in [-0.05, 0) is 61.9 Å². The summed E-state index contributed by atoms with van der Waals surface area (Å²) >= 11 is 2.26. The molecule has 1 atom stereocenters. The van der Waals surface area contributed by atoms with E-state index >= 15 is 0 Å². The molecule has 1 amide bonds. The highest BCUT2D eigenvalue weighted by atomic mass is 127. The minimum Gasteiger partial charge on any atom is -0.444 e. The van der Waals surface area contributed by atoms with E-state index in [9.17, 15) is 4.79 Å². The second-order valence-electron chi connectivity index (χ2n) is 6.88. The van der Waals surface area contributed by atoms with Gasteiger partial charge in [0, 0.05) is 22.2 Å². The molecule has 1 fully saturated rings. The summed E-state index contributed by atoms with van der Waals surface area (Å²) in [7, 11) is 0. The predicted molar refractivity (Wildman–Crippen MR) is 97.6 cm³/mol. The Bertz CT molecular complexity index is 721. The van der Waals surface area contributed by atoms with Gasteiger partial charge >= 0.3 is 6.09 Å². The van der Waals surface area contributed by atoms with Crippen molar-refractivity contribution >= 4 is 28.7 Å². The van der Waals surface area contributed by atoms with Crippen LogP contribution in [0.1, 0.15) is 39.0 Å². The molecular weight excluding hydrogens is 421 g/mol. The van der Waals surface area contributed by atoms with Crippen LogP contribution in [0.25, 0.3) is 11.4 Å². The highest BCUT2D eigenvalue weighted by Crippen LogP contribution is 2.29. The Hall–Kier alpha value is -1.64. The third-order valence-corrected chi connectivity index (χ3v) is 4.45. The molecule has 0 aliphatic carbocycles. The van der Waals surface area contributed by atoms with Gasteiger partial charge in [0.15, 0.2) is 0 Å². The summed E-state index contributed by atoms with van der Waals surface area (Å²) in [5.41, 5.74) is 0.435. The molecule has 0 radical (unpaired) electrons. The molecule has 128 valence electrons. The van der Waals surface area contributed by atoms with E-state index in [1.807, 2.05) is 45.0 Å². The van der Waals surface area contributed by atoms with Gasteiger partial charge in [-0.1, -0.05) is 17.3 Å². The minimum absolute atomic E-state index is 0.0580. The van der Waals surface area contributed by atoms with Crippen LogP contribution in [0, 0.1) is 3.57 Å². The van der Waals surface area contributed by atoms with E-state index in [0.29, 0.717) is 24.8 Å². The summed E-state index contributed by atoms with van der Waals surface area (Å²) in [6, 6.07) is 7.95. The fourth-order valence-electron chi connectivity index (χ4n) is 2.57. The number of hydrogen-bond donors (Lipinski definition) is 0. The van der Waals surface area contributed by atoms with E-state index in [0.717, 1.165) is 15.6 Å². The fourth-order valence-corrected chi connectivity index (χ4v) is 2.93. The number of likely N-dealkylation sites (tertiary alicyclic amines) is 1. The number of benzene rings is 1. The Kier molecular flexibility index (Phi) is 4.80. The van der Waals surface area contributed by atoms with Crippen molar-refractivity contribution in [2.24, 2.45) is 0 Å². The van der Waals surface area contributed by atoms with Crippen molar-refractivity contribution in [3.8, 4) is 11.4 Å². The van der Waals surface area contributed by atoms with Gasteiger partial charge in [0.05, 0.1) is 5.92 Å². The summed E-state index contributed by atoms with van der Waals surface area (Å²) in [4.78, 5) is 18.3. The van der Waals surface area contributed by atoms with Crippen molar-refractivity contribution in [3.63, 3.8) is 0 Å². The molecule has 0 unspecified atom stereocenters. The average molecular weight is 441 g/mol. The molecule has 2 aromatic rings. The van der Waals surface area contributed by atoms with Gasteiger partial charge in [-0.2, -0.15) is 4.98 Å². The lowest BCUT2D eigenvalue weighted by atomic mass is 10.1. The van der Waals surface area contributed by atoms with Crippen LogP contribution in [-0.4, -0.2) is 39.8 Å². The minimum atomic E-state index is -0.488. The number of carbonyl (C=O) groups excluding carboxylic acids is 1. The molecule has 3 rings (SSSR count). The van der Waals surface area contributed by atoms with E-state index in [2.05, 4.69) is 32.7 Å². The number of hydrogen-bond acceptors (Lipinski definition) is 5. The molecule has 1 saturated heterocycles. The van der Waals surface area contributed by atoms with Crippen LogP contribution in [-0.2, 0) is 4.74 Å². The summed E-state index contributed by atoms with van der Waals surface area (Å²) < 4.78 is 12.0. The van der Waals surface area contributed by atoms with E-state index in [4.69, 9.17) is 9.26 Å². The first-order chi connectivity index (χ1) is 11.3. The fraction of sp³-hybridized carbons (Fsp3) is 0.471. The predicted octanol–water partition coefficient (Wildman–Crippen LogP) is 4.07. The Morgan fingerprint density at radius 1 is 1.33 bits per heavy atom. The molecule has 1 aromatic heterocycles. The van der Waals surface area contributed by atoms with E-state index < -0.39 is 5.60 Å². The number of halogens is 1. The molecule has 0 N–H and O–H groups in total. The van der Waals surface area contributed by atoms with Crippen molar-refractivity contribution in [1.82, 2.24) is 15.0 Å². The topological polar surface area (TPSA) is 68.5 Å². The second-order valence-corrected chi connectivity index (χ2v) is 8.12. The quantitative estimate of drug-likeness (QED) is 0.658. The van der Waals surface area contributed by atoms with Crippen LogP contribution in [0.3, 0.4) is 0 Å². The Morgan fingerprint density at radius 3 is 2.71 bits per heavy atom. The Morgan fingerprint density at radius 2 is 2.04 bits per heavy atom. The molecule has 0 spiro atoms. The molecule has 24 heavy (non-hydrogen) atoms. The number of amides is 1. The number of nitrogens with zero attached hydrogens (tertiary/aromatic N) is 3. The molecule has 1 aliphatic heterocycles. The molecule has 7 heteroatoms. The average Bonchev–Trinajstić information content (AvgIpc) is 3.15. The zero-order valence-electron chi connectivity index (χ0n) is 14.0. The first kappa shape index (κ1) is 17.2. The highest BCUT2D eigenvalue weighted by molar-refractivity contribution is 14.1. The third-order valence-electron chi connectivity index (χ3n) is 3.73. The summed E-state index contributed by atoms with van der Waals surface area (Å²) in [5.74, 6) is 1.22. The first-order valence-electron chi connectivity index (χ1n) is 7.89. The normalized spacial score (nSPS) is 18.0. The maximum atomic E-state index is 12.1. The number of carbonyl (C=O) groups is 1. The van der Waals surface area contributed by atoms with Crippen LogP contribution >= 0.6 is 22.6 Å². The maximum absolute atomic E-state index is 12.1. The van der Waals surface area contributed by atoms with Crippen molar-refractivity contribution < 1.29 is 14.1 Å². The standard InChI is InChI=1S/C17H20IN3O3/c1-17(2,3)23-16(22)21-9-8-12(10-21)15-19-14(20-24-15)11-4-6-13(18)7-5-11/h4-7,12H,8-10H2,1-3H3/t12-/m0/s1. The summed E-state index contributed by atoms with van der Waals surface area (Å²) in [6.45, 7) is 6.78. The van der Waals surface area contributed by atoms with E-state index in [-0.39, 0.29) is 12.0 Å². The van der Waals surface area contributed by atoms with E-state index in [1.54, 1.807) is 4.90 Å². The zero-order chi connectivity index (χ0) is 17.3. The van der Waals surface area contributed by atoms with Gasteiger partial charge in [0.2, 0.25) is 11.7 Å². The number of rotatable bonds is 2. The van der Waals surface area contributed by atoms with Crippen LogP contribution in [0.15, 0.2) is 28.8 Å². The van der Waals surface area contributed by atoms with Gasteiger partial charge in [0.1, 0.15) is 5.60 Å². The monoisotopic (exact) mass is 441 g/mol. The molecule has 0 saturated carbocycles. The van der Waals surface area contributed by atoms with Crippen molar-refractivity contribution in [2.45, 2.75) is 38.7 Å². The molecule has 0 bridgehead atoms. The third kappa shape index (κ3) is 4.06. The van der Waals surface area contributed by atoms with Crippen molar-refractivity contribution in [2.75, 3.05) is 13.1 Å². The van der Waals surface area contributed by atoms with Crippen LogP contribution < -0.4 is 0 Å². The van der Waals surface area contributed by atoms with Crippen LogP contribution in [0.5, 0.6) is 0 Å². The maximum Gasteiger partial charge on any atom is 0.410 e. The molecular formula is C17H20IN3O3. The number of ether oxygens (including phenoxy) is 1. The molecule has 1 aliphatic rings. The van der Waals surface area contributed by atoms with Crippen LogP contribution in [0.4, 0.5) is 4.79 Å². The lowest BCUT2D eigenvalue weighted by Crippen LogP contribution is -2.35.